The standard InChI is InChI=1S/C29H39N3O4/c1-4-6-17-35-21-24(33)19-31(22-15-16-22)20-27-28(5-2)30-32(23-11-8-7-9-12-23)29(27)36-26-14-10-13-25(18-26)34-3/h7-14,18,22,24,33H,4-6,15-17,19-21H2,1-3H3/t24-/m1/s1. The molecular weight excluding hydrogens is 454 g/mol. The second-order valence-electron chi connectivity index (χ2n) is 9.36. The van der Waals surface area contributed by atoms with E-state index in [-0.39, 0.29) is 0 Å². The minimum Gasteiger partial charge on any atom is -0.497 e. The molecule has 0 amide bonds. The molecule has 1 aliphatic carbocycles. The van der Waals surface area contributed by atoms with Crippen LogP contribution in [-0.4, -0.2) is 58.8 Å². The van der Waals surface area contributed by atoms with Crippen LogP contribution in [0.3, 0.4) is 0 Å². The lowest BCUT2D eigenvalue weighted by Crippen LogP contribution is -2.36. The predicted octanol–water partition coefficient (Wildman–Crippen LogP) is 5.38. The Labute approximate surface area is 214 Å². The largest absolute Gasteiger partial charge is 0.497 e. The number of aliphatic hydroxyl groups is 1. The van der Waals surface area contributed by atoms with E-state index in [4.69, 9.17) is 19.3 Å². The van der Waals surface area contributed by atoms with Crippen LogP contribution in [0.1, 0.15) is 50.8 Å². The Balaban J connectivity index is 1.63. The number of hydrogen-bond acceptors (Lipinski definition) is 6. The zero-order valence-corrected chi connectivity index (χ0v) is 21.7. The fourth-order valence-electron chi connectivity index (χ4n) is 4.32. The minimum atomic E-state index is -0.528. The van der Waals surface area contributed by atoms with Crippen LogP contribution in [0.2, 0.25) is 0 Å². The van der Waals surface area contributed by atoms with Crippen LogP contribution in [0.4, 0.5) is 0 Å². The van der Waals surface area contributed by atoms with E-state index in [2.05, 4.69) is 18.7 Å². The van der Waals surface area contributed by atoms with E-state index >= 15 is 0 Å². The summed E-state index contributed by atoms with van der Waals surface area (Å²) in [6.45, 7) is 6.54. The van der Waals surface area contributed by atoms with Crippen molar-refractivity contribution in [1.82, 2.24) is 14.7 Å². The van der Waals surface area contributed by atoms with Crippen molar-refractivity contribution in [3.8, 4) is 23.1 Å². The molecule has 1 fully saturated rings. The van der Waals surface area contributed by atoms with Gasteiger partial charge in [0.1, 0.15) is 11.5 Å². The van der Waals surface area contributed by atoms with E-state index in [1.54, 1.807) is 7.11 Å². The van der Waals surface area contributed by atoms with E-state index in [1.807, 2.05) is 59.3 Å². The van der Waals surface area contributed by atoms with Gasteiger partial charge in [-0.1, -0.05) is 44.5 Å². The number of aryl methyl sites for hydroxylation is 1. The first-order chi connectivity index (χ1) is 17.6. The number of ether oxygens (including phenoxy) is 3. The van der Waals surface area contributed by atoms with Gasteiger partial charge in [0.15, 0.2) is 0 Å². The fourth-order valence-corrected chi connectivity index (χ4v) is 4.32. The van der Waals surface area contributed by atoms with Crippen LogP contribution < -0.4 is 9.47 Å². The molecule has 0 spiro atoms. The molecular formula is C29H39N3O4. The Kier molecular flexibility index (Phi) is 9.39. The average Bonchev–Trinajstić information content (AvgIpc) is 3.70. The van der Waals surface area contributed by atoms with Gasteiger partial charge in [-0.2, -0.15) is 5.10 Å². The van der Waals surface area contributed by atoms with Crippen LogP contribution in [0.15, 0.2) is 54.6 Å². The molecule has 3 aromatic rings. The Morgan fingerprint density at radius 2 is 1.86 bits per heavy atom. The molecule has 1 heterocycles. The zero-order chi connectivity index (χ0) is 25.3. The maximum atomic E-state index is 10.7. The number of methoxy groups -OCH3 is 1. The molecule has 1 saturated carbocycles. The molecule has 194 valence electrons. The van der Waals surface area contributed by atoms with Gasteiger partial charge in [-0.3, -0.25) is 4.90 Å². The van der Waals surface area contributed by atoms with Crippen molar-refractivity contribution in [2.45, 2.75) is 64.6 Å². The highest BCUT2D eigenvalue weighted by Crippen LogP contribution is 2.36. The van der Waals surface area contributed by atoms with Crippen molar-refractivity contribution >= 4 is 0 Å². The van der Waals surface area contributed by atoms with Crippen LogP contribution >= 0.6 is 0 Å². The molecule has 0 unspecified atom stereocenters. The number of unbranched alkanes of at least 4 members (excludes halogenated alkanes) is 1. The maximum absolute atomic E-state index is 10.7. The fraction of sp³-hybridized carbons (Fsp3) is 0.483. The van der Waals surface area contributed by atoms with Crippen molar-refractivity contribution in [2.24, 2.45) is 0 Å². The SMILES string of the molecule is CCCCOC[C@H](O)CN(Cc1c(CC)nn(-c2ccccc2)c1Oc1cccc(OC)c1)C1CC1. The Hall–Kier alpha value is -2.87. The third-order valence-corrected chi connectivity index (χ3v) is 6.43. The van der Waals surface area contributed by atoms with Crippen molar-refractivity contribution < 1.29 is 19.3 Å². The van der Waals surface area contributed by atoms with Gasteiger partial charge >= 0.3 is 0 Å². The van der Waals surface area contributed by atoms with E-state index < -0.39 is 6.10 Å². The number of aliphatic hydroxyl groups excluding tert-OH is 1. The van der Waals surface area contributed by atoms with Crippen molar-refractivity contribution in [3.05, 3.63) is 65.9 Å². The quantitative estimate of drug-likeness (QED) is 0.287. The highest BCUT2D eigenvalue weighted by atomic mass is 16.5. The molecule has 1 aliphatic rings. The van der Waals surface area contributed by atoms with Gasteiger partial charge in [0.2, 0.25) is 5.88 Å². The maximum Gasteiger partial charge on any atom is 0.227 e. The molecule has 0 bridgehead atoms. The summed E-state index contributed by atoms with van der Waals surface area (Å²) in [6.07, 6.45) is 4.64. The Morgan fingerprint density at radius 1 is 1.08 bits per heavy atom. The number of hydrogen-bond donors (Lipinski definition) is 1. The highest BCUT2D eigenvalue weighted by molar-refractivity contribution is 5.44. The number of rotatable bonds is 15. The summed E-state index contributed by atoms with van der Waals surface area (Å²) >= 11 is 0. The molecule has 0 saturated heterocycles. The second-order valence-corrected chi connectivity index (χ2v) is 9.36. The molecule has 1 aromatic heterocycles. The smallest absolute Gasteiger partial charge is 0.227 e. The van der Waals surface area contributed by atoms with Gasteiger partial charge in [-0.25, -0.2) is 4.68 Å². The van der Waals surface area contributed by atoms with Crippen LogP contribution in [0.25, 0.3) is 5.69 Å². The van der Waals surface area contributed by atoms with E-state index in [0.29, 0.717) is 44.0 Å². The number of nitrogens with zero attached hydrogens (tertiary/aromatic N) is 3. The molecule has 7 nitrogen and oxygen atoms in total. The first-order valence-electron chi connectivity index (χ1n) is 13.1. The molecule has 1 N–H and O–H groups in total. The van der Waals surface area contributed by atoms with Gasteiger partial charge in [-0.05, 0) is 49.9 Å². The summed E-state index contributed by atoms with van der Waals surface area (Å²) < 4.78 is 19.5. The van der Waals surface area contributed by atoms with Crippen molar-refractivity contribution in [1.29, 1.82) is 0 Å². The number of aromatic nitrogens is 2. The topological polar surface area (TPSA) is 69.0 Å². The minimum absolute atomic E-state index is 0.361. The van der Waals surface area contributed by atoms with E-state index in [1.165, 1.54) is 0 Å². The summed E-state index contributed by atoms with van der Waals surface area (Å²) in [5.74, 6) is 2.13. The van der Waals surface area contributed by atoms with Crippen LogP contribution in [-0.2, 0) is 17.7 Å². The van der Waals surface area contributed by atoms with Crippen molar-refractivity contribution in [3.63, 3.8) is 0 Å². The first kappa shape index (κ1) is 26.2. The van der Waals surface area contributed by atoms with Crippen LogP contribution in [0, 0.1) is 0 Å². The molecule has 7 heteroatoms. The van der Waals surface area contributed by atoms with Gasteiger partial charge in [-0.15, -0.1) is 0 Å². The number of benzene rings is 2. The average molecular weight is 494 g/mol. The lowest BCUT2D eigenvalue weighted by molar-refractivity contribution is 0.0126. The van der Waals surface area contributed by atoms with Gasteiger partial charge in [0.25, 0.3) is 0 Å². The van der Waals surface area contributed by atoms with Gasteiger partial charge in [0.05, 0.1) is 36.8 Å². The molecule has 36 heavy (non-hydrogen) atoms. The highest BCUT2D eigenvalue weighted by Gasteiger charge is 2.33. The zero-order valence-electron chi connectivity index (χ0n) is 21.7. The summed E-state index contributed by atoms with van der Waals surface area (Å²) in [4.78, 5) is 2.36. The monoisotopic (exact) mass is 493 g/mol. The summed E-state index contributed by atoms with van der Waals surface area (Å²) in [5.41, 5.74) is 2.99. The lowest BCUT2D eigenvalue weighted by Gasteiger charge is -2.25. The third kappa shape index (κ3) is 6.87. The third-order valence-electron chi connectivity index (χ3n) is 6.43. The second kappa shape index (κ2) is 12.9. The molecule has 0 radical (unpaired) electrons. The lowest BCUT2D eigenvalue weighted by atomic mass is 10.1. The van der Waals surface area contributed by atoms with Crippen LogP contribution in [0.5, 0.6) is 17.4 Å². The Bertz CT molecular complexity index is 1080. The number of para-hydroxylation sites is 1. The Morgan fingerprint density at radius 3 is 2.56 bits per heavy atom. The molecule has 0 aliphatic heterocycles. The van der Waals surface area contributed by atoms with Gasteiger partial charge < -0.3 is 19.3 Å². The predicted molar refractivity (Wildman–Crippen MR) is 141 cm³/mol. The first-order valence-corrected chi connectivity index (χ1v) is 13.1. The summed E-state index contributed by atoms with van der Waals surface area (Å²) in [7, 11) is 1.65. The molecule has 4 rings (SSSR count). The summed E-state index contributed by atoms with van der Waals surface area (Å²) in [5, 5.41) is 15.7. The normalized spacial score (nSPS) is 14.2. The van der Waals surface area contributed by atoms with Crippen molar-refractivity contribution in [2.75, 3.05) is 26.9 Å². The molecule has 1 atom stereocenters. The molecule has 2 aromatic carbocycles. The van der Waals surface area contributed by atoms with E-state index in [0.717, 1.165) is 54.8 Å². The van der Waals surface area contributed by atoms with E-state index in [9.17, 15) is 5.11 Å². The summed E-state index contributed by atoms with van der Waals surface area (Å²) in [6, 6.07) is 18.2. The van der Waals surface area contributed by atoms with Gasteiger partial charge in [0, 0.05) is 31.8 Å².